The van der Waals surface area contributed by atoms with E-state index in [4.69, 9.17) is 10.8 Å². The Hall–Kier alpha value is -2.16. The number of aromatic hydroxyl groups is 1. The van der Waals surface area contributed by atoms with Crippen LogP contribution in [0.2, 0.25) is 0 Å². The van der Waals surface area contributed by atoms with Gasteiger partial charge in [0.05, 0.1) is 13.6 Å². The Bertz CT molecular complexity index is 1060. The number of primary amides is 1. The number of carboxylic acids is 1. The van der Waals surface area contributed by atoms with Crippen LogP contribution in [0.4, 0.5) is 5.95 Å². The smallest absolute Gasteiger partial charge is 0.305 e. The van der Waals surface area contributed by atoms with Crippen molar-refractivity contribution in [1.82, 2.24) is 14.5 Å². The number of hydrogen-bond acceptors (Lipinski definition) is 6. The van der Waals surface area contributed by atoms with E-state index in [0.29, 0.717) is 24.3 Å². The van der Waals surface area contributed by atoms with Crippen molar-refractivity contribution < 1.29 is 19.8 Å². The number of benzene rings is 1. The lowest BCUT2D eigenvalue weighted by atomic mass is 10.0. The number of aromatic nitrogens is 3. The molecular weight excluding hydrogens is 604 g/mol. The van der Waals surface area contributed by atoms with E-state index in [2.05, 4.69) is 15.3 Å². The van der Waals surface area contributed by atoms with E-state index in [0.717, 1.165) is 5.56 Å². The van der Waals surface area contributed by atoms with Crippen LogP contribution in [0.25, 0.3) is 11.2 Å². The SMILES string of the molecule is NC(=O)C(Cc1cc(I)c(O)c(I)c1)n1c(NCCC(=O)O)nc2cccnc21. The first-order valence-electron chi connectivity index (χ1n) is 8.52. The van der Waals surface area contributed by atoms with Crippen LogP contribution in [0.15, 0.2) is 30.5 Å². The van der Waals surface area contributed by atoms with E-state index in [1.165, 1.54) is 0 Å². The fourth-order valence-electron chi connectivity index (χ4n) is 2.91. The zero-order chi connectivity index (χ0) is 21.1. The molecule has 11 heteroatoms. The van der Waals surface area contributed by atoms with Gasteiger partial charge in [-0.05, 0) is 75.0 Å². The van der Waals surface area contributed by atoms with Crippen molar-refractivity contribution in [3.63, 3.8) is 0 Å². The number of aliphatic carboxylic acids is 1. The third-order valence-corrected chi connectivity index (χ3v) is 5.86. The summed E-state index contributed by atoms with van der Waals surface area (Å²) in [5.74, 6) is -1.00. The van der Waals surface area contributed by atoms with Crippen LogP contribution in [0.1, 0.15) is 18.0 Å². The van der Waals surface area contributed by atoms with Crippen LogP contribution in [-0.2, 0) is 16.0 Å². The summed E-state index contributed by atoms with van der Waals surface area (Å²) < 4.78 is 2.94. The molecule has 1 unspecified atom stereocenters. The first-order valence-corrected chi connectivity index (χ1v) is 10.7. The highest BCUT2D eigenvalue weighted by molar-refractivity contribution is 14.1. The van der Waals surface area contributed by atoms with E-state index in [-0.39, 0.29) is 25.1 Å². The largest absolute Gasteiger partial charge is 0.506 e. The third-order valence-electron chi connectivity index (χ3n) is 4.22. The number of imidazole rings is 1. The molecule has 0 fully saturated rings. The first-order chi connectivity index (χ1) is 13.8. The topological polar surface area (TPSA) is 143 Å². The molecule has 5 N–H and O–H groups in total. The number of carbonyl (C=O) groups is 2. The number of carbonyl (C=O) groups excluding carboxylic acids is 1. The summed E-state index contributed by atoms with van der Waals surface area (Å²) in [6.45, 7) is 0.138. The monoisotopic (exact) mass is 621 g/mol. The number of nitrogens with two attached hydrogens (primary N) is 1. The molecule has 29 heavy (non-hydrogen) atoms. The predicted octanol–water partition coefficient (Wildman–Crippen LogP) is 2.50. The summed E-state index contributed by atoms with van der Waals surface area (Å²) in [5.41, 5.74) is 7.57. The first kappa shape index (κ1) is 21.5. The number of phenolic OH excluding ortho intramolecular Hbond substituents is 1. The Morgan fingerprint density at radius 3 is 2.59 bits per heavy atom. The van der Waals surface area contributed by atoms with Crippen LogP contribution < -0.4 is 11.1 Å². The second kappa shape index (κ2) is 9.11. The molecule has 1 amide bonds. The Morgan fingerprint density at radius 1 is 1.28 bits per heavy atom. The van der Waals surface area contributed by atoms with Crippen LogP contribution in [0.3, 0.4) is 0 Å². The van der Waals surface area contributed by atoms with Gasteiger partial charge in [0.15, 0.2) is 5.65 Å². The number of phenols is 1. The second-order valence-corrected chi connectivity index (χ2v) is 8.58. The molecule has 0 bridgehead atoms. The number of nitrogens with zero attached hydrogens (tertiary/aromatic N) is 3. The minimum absolute atomic E-state index is 0.105. The maximum Gasteiger partial charge on any atom is 0.305 e. The maximum atomic E-state index is 12.4. The van der Waals surface area contributed by atoms with Gasteiger partial charge in [-0.2, -0.15) is 0 Å². The van der Waals surface area contributed by atoms with Crippen molar-refractivity contribution in [2.24, 2.45) is 5.73 Å². The molecule has 0 aliphatic heterocycles. The molecule has 152 valence electrons. The fraction of sp³-hybridized carbons (Fsp3) is 0.222. The summed E-state index contributed by atoms with van der Waals surface area (Å²) in [5, 5.41) is 21.9. The molecule has 3 aromatic rings. The number of rotatable bonds is 8. The van der Waals surface area contributed by atoms with Gasteiger partial charge in [-0.3, -0.25) is 14.2 Å². The highest BCUT2D eigenvalue weighted by Crippen LogP contribution is 2.31. The van der Waals surface area contributed by atoms with Gasteiger partial charge in [0.25, 0.3) is 0 Å². The van der Waals surface area contributed by atoms with Gasteiger partial charge < -0.3 is 21.3 Å². The number of hydrogen-bond donors (Lipinski definition) is 4. The normalized spacial score (nSPS) is 12.1. The van der Waals surface area contributed by atoms with Crippen LogP contribution in [0, 0.1) is 7.14 Å². The number of nitrogens with one attached hydrogen (secondary N) is 1. The minimum Gasteiger partial charge on any atom is -0.506 e. The molecule has 9 nitrogen and oxygen atoms in total. The molecule has 2 aromatic heterocycles. The Balaban J connectivity index is 2.04. The van der Waals surface area contributed by atoms with Crippen molar-refractivity contribution >= 4 is 74.2 Å². The molecule has 2 heterocycles. The van der Waals surface area contributed by atoms with Crippen molar-refractivity contribution in [3.05, 3.63) is 43.2 Å². The van der Waals surface area contributed by atoms with E-state index in [1.807, 2.05) is 45.2 Å². The average Bonchev–Trinajstić information content (AvgIpc) is 3.01. The van der Waals surface area contributed by atoms with Crippen molar-refractivity contribution in [2.45, 2.75) is 18.9 Å². The van der Waals surface area contributed by atoms with Crippen molar-refractivity contribution in [2.75, 3.05) is 11.9 Å². The van der Waals surface area contributed by atoms with Crippen molar-refractivity contribution in [3.8, 4) is 5.75 Å². The van der Waals surface area contributed by atoms with Gasteiger partial charge in [-0.15, -0.1) is 0 Å². The molecule has 1 atom stereocenters. The Labute approximate surface area is 193 Å². The number of carboxylic acid groups (broad SMARTS) is 1. The molecule has 0 spiro atoms. The average molecular weight is 621 g/mol. The summed E-state index contributed by atoms with van der Waals surface area (Å²) >= 11 is 4.06. The summed E-state index contributed by atoms with van der Waals surface area (Å²) in [6.07, 6.45) is 1.75. The van der Waals surface area contributed by atoms with Gasteiger partial charge in [0.2, 0.25) is 11.9 Å². The Kier molecular flexibility index (Phi) is 6.77. The van der Waals surface area contributed by atoms with E-state index in [1.54, 1.807) is 35.0 Å². The van der Waals surface area contributed by atoms with Gasteiger partial charge in [0.1, 0.15) is 17.3 Å². The number of anilines is 1. The van der Waals surface area contributed by atoms with E-state index in [9.17, 15) is 14.7 Å². The van der Waals surface area contributed by atoms with E-state index >= 15 is 0 Å². The molecule has 0 radical (unpaired) electrons. The second-order valence-electron chi connectivity index (χ2n) is 6.25. The number of fused-ring (bicyclic) bond motifs is 1. The minimum atomic E-state index is -0.946. The van der Waals surface area contributed by atoms with Gasteiger partial charge in [0, 0.05) is 19.2 Å². The number of pyridine rings is 1. The van der Waals surface area contributed by atoms with Gasteiger partial charge in [-0.25, -0.2) is 9.97 Å². The Morgan fingerprint density at radius 2 is 1.97 bits per heavy atom. The number of halogens is 2. The molecule has 1 aromatic carbocycles. The van der Waals surface area contributed by atoms with Crippen LogP contribution in [-0.4, -0.2) is 43.2 Å². The lowest BCUT2D eigenvalue weighted by Crippen LogP contribution is -2.30. The number of amides is 1. The fourth-order valence-corrected chi connectivity index (χ4v) is 4.81. The highest BCUT2D eigenvalue weighted by Gasteiger charge is 2.25. The van der Waals surface area contributed by atoms with E-state index < -0.39 is 17.9 Å². The lowest BCUT2D eigenvalue weighted by Gasteiger charge is -2.19. The quantitative estimate of drug-likeness (QED) is 0.283. The van der Waals surface area contributed by atoms with Gasteiger partial charge >= 0.3 is 5.97 Å². The maximum absolute atomic E-state index is 12.4. The summed E-state index contributed by atoms with van der Waals surface area (Å²) in [6, 6.07) is 6.25. The lowest BCUT2D eigenvalue weighted by molar-refractivity contribution is -0.136. The summed E-state index contributed by atoms with van der Waals surface area (Å²) in [4.78, 5) is 32.0. The zero-order valence-corrected chi connectivity index (χ0v) is 19.3. The van der Waals surface area contributed by atoms with Crippen LogP contribution >= 0.6 is 45.2 Å². The molecule has 0 aliphatic carbocycles. The molecule has 0 saturated carbocycles. The molecule has 0 aliphatic rings. The highest BCUT2D eigenvalue weighted by atomic mass is 127. The molecule has 3 rings (SSSR count). The summed E-state index contributed by atoms with van der Waals surface area (Å²) in [7, 11) is 0. The van der Waals surface area contributed by atoms with Gasteiger partial charge in [-0.1, -0.05) is 0 Å². The molecular formula is C18H17I2N5O4. The standard InChI is InChI=1S/C18H17I2N5O4/c19-10-6-9(7-11(20)15(10)28)8-13(16(21)29)25-17-12(2-1-4-22-17)24-18(25)23-5-3-14(26)27/h1-2,4,6-7,13,28H,3,5,8H2,(H2,21,29)(H,23,24)(H,26,27). The van der Waals surface area contributed by atoms with Crippen molar-refractivity contribution in [1.29, 1.82) is 0 Å². The molecule has 0 saturated heterocycles. The zero-order valence-electron chi connectivity index (χ0n) is 15.0. The van der Waals surface area contributed by atoms with Crippen LogP contribution in [0.5, 0.6) is 5.75 Å². The predicted molar refractivity (Wildman–Crippen MR) is 124 cm³/mol. The third kappa shape index (κ3) is 4.88.